The lowest BCUT2D eigenvalue weighted by atomic mass is 9.97. The quantitative estimate of drug-likeness (QED) is 0.828. The molecule has 7 heteroatoms. The van der Waals surface area contributed by atoms with Crippen LogP contribution in [0.2, 0.25) is 0 Å². The number of hydrogen-bond acceptors (Lipinski definition) is 5. The maximum Gasteiger partial charge on any atom is 0.266 e. The summed E-state index contributed by atoms with van der Waals surface area (Å²) in [4.78, 5) is 26.8. The van der Waals surface area contributed by atoms with Gasteiger partial charge in [-0.1, -0.05) is 6.07 Å². The molecule has 1 aliphatic heterocycles. The summed E-state index contributed by atoms with van der Waals surface area (Å²) in [6, 6.07) is 7.33. The fourth-order valence-corrected chi connectivity index (χ4v) is 3.65. The zero-order valence-electron chi connectivity index (χ0n) is 13.7. The smallest absolute Gasteiger partial charge is 0.266 e. The Hall–Kier alpha value is -1.99. The zero-order valence-corrected chi connectivity index (χ0v) is 14.5. The molecule has 0 spiro atoms. The zero-order chi connectivity index (χ0) is 16.9. The highest BCUT2D eigenvalue weighted by atomic mass is 32.1. The summed E-state index contributed by atoms with van der Waals surface area (Å²) in [5.41, 5.74) is 0.755. The number of piperidine rings is 1. The standard InChI is InChI=1S/C17H21N3O3S/c1-23-12-17(22)19-8-6-13(7-9-19)11-20-16(21)5-4-14(18-20)15-3-2-10-24-15/h2-5,10,13H,6-9,11-12H2,1H3. The van der Waals surface area contributed by atoms with E-state index < -0.39 is 0 Å². The summed E-state index contributed by atoms with van der Waals surface area (Å²) in [6.07, 6.45) is 1.76. The van der Waals surface area contributed by atoms with Gasteiger partial charge in [-0.05, 0) is 36.3 Å². The molecule has 0 atom stereocenters. The number of carbonyl (C=O) groups is 1. The highest BCUT2D eigenvalue weighted by Crippen LogP contribution is 2.22. The molecule has 2 aromatic rings. The molecule has 3 heterocycles. The second kappa shape index (κ2) is 7.72. The molecule has 3 rings (SSSR count). The number of ether oxygens (including phenoxy) is 1. The Morgan fingerprint density at radius 3 is 2.79 bits per heavy atom. The van der Waals surface area contributed by atoms with Crippen molar-refractivity contribution in [3.63, 3.8) is 0 Å². The van der Waals surface area contributed by atoms with Crippen molar-refractivity contribution in [3.05, 3.63) is 40.0 Å². The third-order valence-corrected chi connectivity index (χ3v) is 5.20. The second-order valence-electron chi connectivity index (χ2n) is 5.97. The average Bonchev–Trinajstić information content (AvgIpc) is 3.12. The Labute approximate surface area is 144 Å². The minimum absolute atomic E-state index is 0.0333. The highest BCUT2D eigenvalue weighted by molar-refractivity contribution is 7.13. The van der Waals surface area contributed by atoms with Crippen LogP contribution in [0.5, 0.6) is 0 Å². The molecule has 1 fully saturated rings. The van der Waals surface area contributed by atoms with Crippen LogP contribution in [0.25, 0.3) is 10.6 Å². The molecule has 0 aromatic carbocycles. The molecule has 1 amide bonds. The van der Waals surface area contributed by atoms with Crippen LogP contribution < -0.4 is 5.56 Å². The van der Waals surface area contributed by atoms with Gasteiger partial charge in [0.2, 0.25) is 5.91 Å². The van der Waals surface area contributed by atoms with Crippen molar-refractivity contribution in [1.82, 2.24) is 14.7 Å². The third kappa shape index (κ3) is 3.91. The molecule has 2 aromatic heterocycles. The first-order valence-electron chi connectivity index (χ1n) is 8.06. The van der Waals surface area contributed by atoms with Crippen LogP contribution in [0.3, 0.4) is 0 Å². The first-order chi connectivity index (χ1) is 11.7. The molecule has 0 bridgehead atoms. The van der Waals surface area contributed by atoms with Crippen LogP contribution in [0, 0.1) is 5.92 Å². The largest absolute Gasteiger partial charge is 0.375 e. The van der Waals surface area contributed by atoms with Crippen molar-refractivity contribution in [2.24, 2.45) is 5.92 Å². The van der Waals surface area contributed by atoms with Crippen molar-refractivity contribution in [2.75, 3.05) is 26.8 Å². The van der Waals surface area contributed by atoms with Crippen LogP contribution >= 0.6 is 11.3 Å². The summed E-state index contributed by atoms with van der Waals surface area (Å²) in [5, 5.41) is 6.51. The van der Waals surface area contributed by atoms with Crippen LogP contribution in [0.4, 0.5) is 0 Å². The van der Waals surface area contributed by atoms with E-state index in [0.717, 1.165) is 23.4 Å². The van der Waals surface area contributed by atoms with E-state index in [-0.39, 0.29) is 18.1 Å². The van der Waals surface area contributed by atoms with Crippen molar-refractivity contribution < 1.29 is 9.53 Å². The molecule has 1 aliphatic rings. The molecule has 0 aliphatic carbocycles. The van der Waals surface area contributed by atoms with Gasteiger partial charge in [0, 0.05) is 32.8 Å². The first kappa shape index (κ1) is 16.9. The summed E-state index contributed by atoms with van der Waals surface area (Å²) in [5.74, 6) is 0.395. The van der Waals surface area contributed by atoms with Crippen molar-refractivity contribution >= 4 is 17.2 Å². The lowest BCUT2D eigenvalue weighted by Gasteiger charge is -2.31. The van der Waals surface area contributed by atoms with Gasteiger partial charge in [0.15, 0.2) is 0 Å². The van der Waals surface area contributed by atoms with E-state index in [9.17, 15) is 9.59 Å². The van der Waals surface area contributed by atoms with Gasteiger partial charge in [0.25, 0.3) is 5.56 Å². The highest BCUT2D eigenvalue weighted by Gasteiger charge is 2.23. The lowest BCUT2D eigenvalue weighted by Crippen LogP contribution is -2.41. The van der Waals surface area contributed by atoms with Gasteiger partial charge in [0.1, 0.15) is 12.3 Å². The molecular formula is C17H21N3O3S. The number of nitrogens with zero attached hydrogens (tertiary/aromatic N) is 3. The monoisotopic (exact) mass is 347 g/mol. The number of rotatable bonds is 5. The summed E-state index contributed by atoms with van der Waals surface area (Å²) in [6.45, 7) is 2.16. The second-order valence-corrected chi connectivity index (χ2v) is 6.92. The van der Waals surface area contributed by atoms with E-state index in [0.29, 0.717) is 25.6 Å². The fourth-order valence-electron chi connectivity index (χ4n) is 2.96. The average molecular weight is 347 g/mol. The van der Waals surface area contributed by atoms with Gasteiger partial charge in [-0.25, -0.2) is 4.68 Å². The van der Waals surface area contributed by atoms with Crippen molar-refractivity contribution in [1.29, 1.82) is 0 Å². The number of likely N-dealkylation sites (tertiary alicyclic amines) is 1. The minimum Gasteiger partial charge on any atom is -0.375 e. The first-order valence-corrected chi connectivity index (χ1v) is 8.94. The van der Waals surface area contributed by atoms with E-state index in [1.54, 1.807) is 28.2 Å². The van der Waals surface area contributed by atoms with E-state index in [1.807, 2.05) is 22.4 Å². The minimum atomic E-state index is -0.0757. The molecular weight excluding hydrogens is 326 g/mol. The summed E-state index contributed by atoms with van der Waals surface area (Å²) >= 11 is 1.61. The van der Waals surface area contributed by atoms with Gasteiger partial charge in [-0.2, -0.15) is 5.10 Å². The Bertz CT molecular complexity index is 734. The number of methoxy groups -OCH3 is 1. The number of hydrogen-bond donors (Lipinski definition) is 0. The van der Waals surface area contributed by atoms with Crippen molar-refractivity contribution in [3.8, 4) is 10.6 Å². The molecule has 0 saturated carbocycles. The maximum absolute atomic E-state index is 12.1. The van der Waals surface area contributed by atoms with E-state index in [2.05, 4.69) is 5.10 Å². The van der Waals surface area contributed by atoms with E-state index in [4.69, 9.17) is 4.74 Å². The molecule has 1 saturated heterocycles. The number of amides is 1. The Morgan fingerprint density at radius 2 is 2.12 bits per heavy atom. The van der Waals surface area contributed by atoms with Crippen LogP contribution in [0.1, 0.15) is 12.8 Å². The van der Waals surface area contributed by atoms with E-state index in [1.165, 1.54) is 7.11 Å². The van der Waals surface area contributed by atoms with Gasteiger partial charge in [-0.15, -0.1) is 11.3 Å². The molecule has 0 unspecified atom stereocenters. The van der Waals surface area contributed by atoms with Gasteiger partial charge in [-0.3, -0.25) is 9.59 Å². The van der Waals surface area contributed by atoms with Crippen molar-refractivity contribution in [2.45, 2.75) is 19.4 Å². The Balaban J connectivity index is 1.64. The topological polar surface area (TPSA) is 64.4 Å². The van der Waals surface area contributed by atoms with Crippen LogP contribution in [-0.4, -0.2) is 47.4 Å². The molecule has 0 radical (unpaired) electrons. The van der Waals surface area contributed by atoms with Gasteiger partial charge in [0.05, 0.1) is 4.88 Å². The third-order valence-electron chi connectivity index (χ3n) is 4.31. The normalized spacial score (nSPS) is 15.6. The summed E-state index contributed by atoms with van der Waals surface area (Å²) < 4.78 is 6.46. The predicted molar refractivity (Wildman–Crippen MR) is 93.0 cm³/mol. The number of aromatic nitrogens is 2. The maximum atomic E-state index is 12.1. The number of carbonyl (C=O) groups excluding carboxylic acids is 1. The fraction of sp³-hybridized carbons (Fsp3) is 0.471. The molecule has 6 nitrogen and oxygen atoms in total. The predicted octanol–water partition coefficient (Wildman–Crippen LogP) is 1.86. The van der Waals surface area contributed by atoms with Crippen LogP contribution in [0.15, 0.2) is 34.4 Å². The molecule has 0 N–H and O–H groups in total. The Kier molecular flexibility index (Phi) is 5.42. The SMILES string of the molecule is COCC(=O)N1CCC(Cn2nc(-c3cccs3)ccc2=O)CC1. The van der Waals surface area contributed by atoms with Crippen LogP contribution in [-0.2, 0) is 16.1 Å². The van der Waals surface area contributed by atoms with Gasteiger partial charge >= 0.3 is 0 Å². The van der Waals surface area contributed by atoms with E-state index >= 15 is 0 Å². The van der Waals surface area contributed by atoms with Gasteiger partial charge < -0.3 is 9.64 Å². The lowest BCUT2D eigenvalue weighted by molar-refractivity contribution is -0.136. The summed E-state index contributed by atoms with van der Waals surface area (Å²) in [7, 11) is 1.53. The Morgan fingerprint density at radius 1 is 1.33 bits per heavy atom. The molecule has 24 heavy (non-hydrogen) atoms. The number of thiophene rings is 1. The molecule has 128 valence electrons.